The predicted octanol–water partition coefficient (Wildman–Crippen LogP) is 2.20. The first-order valence-electron chi connectivity index (χ1n) is 6.99. The van der Waals surface area contributed by atoms with Gasteiger partial charge in [-0.25, -0.2) is 0 Å². The van der Waals surface area contributed by atoms with Crippen LogP contribution in [-0.4, -0.2) is 44.7 Å². The molecule has 0 heterocycles. The topological polar surface area (TPSA) is 67.6 Å². The lowest BCUT2D eigenvalue weighted by molar-refractivity contribution is 0.0828. The number of nitrogen functional groups attached to an aromatic ring is 1. The van der Waals surface area contributed by atoms with Gasteiger partial charge in [0.1, 0.15) is 0 Å². The van der Waals surface area contributed by atoms with Crippen LogP contribution in [0.5, 0.6) is 0 Å². The van der Waals surface area contributed by atoms with E-state index >= 15 is 0 Å². The van der Waals surface area contributed by atoms with Crippen LogP contribution >= 0.6 is 0 Å². The highest BCUT2D eigenvalue weighted by Crippen LogP contribution is 2.20. The van der Waals surface area contributed by atoms with Gasteiger partial charge in [-0.2, -0.15) is 0 Å². The number of anilines is 2. The van der Waals surface area contributed by atoms with E-state index in [2.05, 4.69) is 12.2 Å². The molecular formula is C15H25N3O2. The van der Waals surface area contributed by atoms with Gasteiger partial charge in [0, 0.05) is 45.2 Å². The number of carbonyl (C=O) groups is 1. The monoisotopic (exact) mass is 279 g/mol. The first-order valence-corrected chi connectivity index (χ1v) is 6.99. The van der Waals surface area contributed by atoms with Gasteiger partial charge in [0.15, 0.2) is 0 Å². The Kier molecular flexibility index (Phi) is 6.87. The Balaban J connectivity index is 2.59. The molecule has 0 fully saturated rings. The van der Waals surface area contributed by atoms with E-state index in [0.717, 1.165) is 38.3 Å². The molecule has 0 saturated carbocycles. The minimum Gasteiger partial charge on any atom is -0.399 e. The molecule has 0 bridgehead atoms. The Morgan fingerprint density at radius 3 is 2.75 bits per heavy atom. The fourth-order valence-corrected chi connectivity index (χ4v) is 1.78. The summed E-state index contributed by atoms with van der Waals surface area (Å²) in [6.07, 6.45) is 1.93. The molecule has 3 N–H and O–H groups in total. The normalized spacial score (nSPS) is 10.3. The van der Waals surface area contributed by atoms with Crippen LogP contribution in [0, 0.1) is 0 Å². The van der Waals surface area contributed by atoms with E-state index in [4.69, 9.17) is 10.5 Å². The molecule has 20 heavy (non-hydrogen) atoms. The highest BCUT2D eigenvalue weighted by Gasteiger charge is 2.13. The summed E-state index contributed by atoms with van der Waals surface area (Å²) >= 11 is 0. The quantitative estimate of drug-likeness (QED) is 0.565. The number of benzene rings is 1. The van der Waals surface area contributed by atoms with Crippen LogP contribution in [0.4, 0.5) is 11.4 Å². The maximum atomic E-state index is 12.1. The number of rotatable bonds is 8. The Labute approximate surface area is 121 Å². The maximum Gasteiger partial charge on any atom is 0.255 e. The second-order valence-electron chi connectivity index (χ2n) is 4.90. The first-order chi connectivity index (χ1) is 9.56. The van der Waals surface area contributed by atoms with Gasteiger partial charge in [0.2, 0.25) is 0 Å². The van der Waals surface area contributed by atoms with Gasteiger partial charge in [-0.15, -0.1) is 0 Å². The molecule has 0 radical (unpaired) electrons. The van der Waals surface area contributed by atoms with Crippen LogP contribution in [0.2, 0.25) is 0 Å². The van der Waals surface area contributed by atoms with Crippen molar-refractivity contribution in [3.63, 3.8) is 0 Å². The van der Waals surface area contributed by atoms with Crippen molar-refractivity contribution >= 4 is 17.3 Å². The van der Waals surface area contributed by atoms with Crippen molar-refractivity contribution in [1.82, 2.24) is 4.90 Å². The van der Waals surface area contributed by atoms with E-state index in [9.17, 15) is 4.79 Å². The molecule has 5 nitrogen and oxygen atoms in total. The number of hydrogen-bond donors (Lipinski definition) is 2. The van der Waals surface area contributed by atoms with Gasteiger partial charge < -0.3 is 20.7 Å². The smallest absolute Gasteiger partial charge is 0.255 e. The van der Waals surface area contributed by atoms with Gasteiger partial charge >= 0.3 is 0 Å². The molecule has 5 heteroatoms. The molecule has 1 amide bonds. The Morgan fingerprint density at radius 1 is 1.35 bits per heavy atom. The van der Waals surface area contributed by atoms with Crippen LogP contribution in [-0.2, 0) is 4.74 Å². The van der Waals surface area contributed by atoms with Crippen molar-refractivity contribution in [1.29, 1.82) is 0 Å². The number of carbonyl (C=O) groups excluding carboxylic acids is 1. The highest BCUT2D eigenvalue weighted by atomic mass is 16.5. The summed E-state index contributed by atoms with van der Waals surface area (Å²) in [4.78, 5) is 13.6. The third-order valence-electron chi connectivity index (χ3n) is 2.81. The molecule has 112 valence electrons. The Morgan fingerprint density at radius 2 is 2.10 bits per heavy atom. The van der Waals surface area contributed by atoms with Crippen LogP contribution < -0.4 is 11.1 Å². The van der Waals surface area contributed by atoms with Crippen LogP contribution in [0.25, 0.3) is 0 Å². The molecule has 1 rings (SSSR count). The van der Waals surface area contributed by atoms with Crippen molar-refractivity contribution in [2.24, 2.45) is 0 Å². The average Bonchev–Trinajstić information content (AvgIpc) is 2.42. The van der Waals surface area contributed by atoms with Gasteiger partial charge in [0.25, 0.3) is 5.91 Å². The highest BCUT2D eigenvalue weighted by molar-refractivity contribution is 5.99. The molecule has 0 aliphatic carbocycles. The van der Waals surface area contributed by atoms with E-state index in [1.807, 2.05) is 0 Å². The molecule has 0 saturated heterocycles. The lowest BCUT2D eigenvalue weighted by Crippen LogP contribution is -2.23. The molecule has 0 aromatic heterocycles. The van der Waals surface area contributed by atoms with Gasteiger partial charge in [0.05, 0.1) is 5.56 Å². The molecule has 0 unspecified atom stereocenters. The molecule has 1 aromatic carbocycles. The molecular weight excluding hydrogens is 254 g/mol. The van der Waals surface area contributed by atoms with Crippen molar-refractivity contribution in [3.8, 4) is 0 Å². The predicted molar refractivity (Wildman–Crippen MR) is 83.1 cm³/mol. The zero-order chi connectivity index (χ0) is 15.0. The minimum atomic E-state index is -0.0327. The molecule has 0 atom stereocenters. The van der Waals surface area contributed by atoms with Gasteiger partial charge in [-0.1, -0.05) is 6.92 Å². The van der Waals surface area contributed by atoms with E-state index in [1.54, 1.807) is 37.2 Å². The van der Waals surface area contributed by atoms with E-state index in [1.165, 1.54) is 0 Å². The Bertz CT molecular complexity index is 433. The fraction of sp³-hybridized carbons (Fsp3) is 0.533. The van der Waals surface area contributed by atoms with E-state index in [-0.39, 0.29) is 5.91 Å². The van der Waals surface area contributed by atoms with Gasteiger partial charge in [-0.05, 0) is 31.0 Å². The lowest BCUT2D eigenvalue weighted by Gasteiger charge is -2.16. The standard InChI is InChI=1S/C15H25N3O2/c1-4-9-20-10-5-8-17-14-11-12(16)6-7-13(14)15(19)18(2)3/h6-7,11,17H,4-5,8-10,16H2,1-3H3. The molecule has 0 aliphatic rings. The number of ether oxygens (including phenoxy) is 1. The number of nitrogens with zero attached hydrogens (tertiary/aromatic N) is 1. The Hall–Kier alpha value is -1.75. The number of hydrogen-bond acceptors (Lipinski definition) is 4. The number of amides is 1. The third kappa shape index (κ3) is 5.09. The summed E-state index contributed by atoms with van der Waals surface area (Å²) < 4.78 is 5.42. The summed E-state index contributed by atoms with van der Waals surface area (Å²) in [6.45, 7) is 4.35. The zero-order valence-corrected chi connectivity index (χ0v) is 12.6. The summed E-state index contributed by atoms with van der Waals surface area (Å²) in [7, 11) is 3.47. The minimum absolute atomic E-state index is 0.0327. The second kappa shape index (κ2) is 8.43. The summed E-state index contributed by atoms with van der Waals surface area (Å²) in [5, 5.41) is 3.26. The van der Waals surface area contributed by atoms with Crippen LogP contribution in [0.15, 0.2) is 18.2 Å². The summed E-state index contributed by atoms with van der Waals surface area (Å²) in [5.41, 5.74) is 7.84. The molecule has 0 spiro atoms. The SMILES string of the molecule is CCCOCCCNc1cc(N)ccc1C(=O)N(C)C. The molecule has 0 aliphatic heterocycles. The van der Waals surface area contributed by atoms with Crippen LogP contribution in [0.1, 0.15) is 30.1 Å². The third-order valence-corrected chi connectivity index (χ3v) is 2.81. The van der Waals surface area contributed by atoms with Crippen molar-refractivity contribution < 1.29 is 9.53 Å². The van der Waals surface area contributed by atoms with E-state index in [0.29, 0.717) is 11.3 Å². The molecule has 1 aromatic rings. The average molecular weight is 279 g/mol. The zero-order valence-electron chi connectivity index (χ0n) is 12.6. The second-order valence-corrected chi connectivity index (χ2v) is 4.90. The van der Waals surface area contributed by atoms with Crippen molar-refractivity contribution in [3.05, 3.63) is 23.8 Å². The largest absolute Gasteiger partial charge is 0.399 e. The summed E-state index contributed by atoms with van der Waals surface area (Å²) in [5.74, 6) is -0.0327. The summed E-state index contributed by atoms with van der Waals surface area (Å²) in [6, 6.07) is 5.30. The van der Waals surface area contributed by atoms with E-state index < -0.39 is 0 Å². The van der Waals surface area contributed by atoms with Crippen molar-refractivity contribution in [2.75, 3.05) is 44.9 Å². The fourth-order valence-electron chi connectivity index (χ4n) is 1.78. The maximum absolute atomic E-state index is 12.1. The van der Waals surface area contributed by atoms with Crippen molar-refractivity contribution in [2.45, 2.75) is 19.8 Å². The van der Waals surface area contributed by atoms with Gasteiger partial charge in [-0.3, -0.25) is 4.79 Å². The lowest BCUT2D eigenvalue weighted by atomic mass is 10.1. The number of nitrogens with one attached hydrogen (secondary N) is 1. The first kappa shape index (κ1) is 16.3. The number of nitrogens with two attached hydrogens (primary N) is 1. The van der Waals surface area contributed by atoms with Crippen LogP contribution in [0.3, 0.4) is 0 Å².